The van der Waals surface area contributed by atoms with E-state index in [9.17, 15) is 29.4 Å². The quantitative estimate of drug-likeness (QED) is 0.143. The number of benzene rings is 1. The second-order valence-corrected chi connectivity index (χ2v) is 19.3. The summed E-state index contributed by atoms with van der Waals surface area (Å²) in [5.41, 5.74) is -4.92. The summed E-state index contributed by atoms with van der Waals surface area (Å²) < 4.78 is 44.4. The number of alkyl carbamates (subject to hydrolysis) is 1. The van der Waals surface area contributed by atoms with Crippen LogP contribution in [0.15, 0.2) is 54.1 Å². The molecule has 5 aliphatic rings. The van der Waals surface area contributed by atoms with Crippen molar-refractivity contribution in [1.82, 2.24) is 5.32 Å². The van der Waals surface area contributed by atoms with Crippen LogP contribution in [0.5, 0.6) is 0 Å². The van der Waals surface area contributed by atoms with Gasteiger partial charge in [0, 0.05) is 31.1 Å². The molecule has 13 atom stereocenters. The van der Waals surface area contributed by atoms with E-state index >= 15 is 0 Å². The van der Waals surface area contributed by atoms with E-state index in [2.05, 4.69) is 11.9 Å². The van der Waals surface area contributed by atoms with Crippen molar-refractivity contribution in [2.45, 2.75) is 161 Å². The molecule has 14 heteroatoms. The molecule has 4 fully saturated rings. The molecule has 59 heavy (non-hydrogen) atoms. The number of ether oxygens (including phenoxy) is 7. The van der Waals surface area contributed by atoms with Crippen LogP contribution in [-0.4, -0.2) is 107 Å². The lowest BCUT2D eigenvalue weighted by Gasteiger charge is -2.67. The van der Waals surface area contributed by atoms with Gasteiger partial charge in [-0.15, -0.1) is 0 Å². The summed E-state index contributed by atoms with van der Waals surface area (Å²) in [7, 11) is 0. The molecular weight excluding hydrogens is 762 g/mol. The Morgan fingerprint density at radius 2 is 1.71 bits per heavy atom. The Morgan fingerprint density at radius 1 is 1.05 bits per heavy atom. The van der Waals surface area contributed by atoms with Gasteiger partial charge in [-0.25, -0.2) is 14.4 Å². The molecule has 1 amide bonds. The van der Waals surface area contributed by atoms with E-state index in [0.717, 1.165) is 0 Å². The maximum Gasteiger partial charge on any atom is 0.407 e. The van der Waals surface area contributed by atoms with Gasteiger partial charge in [0.2, 0.25) is 0 Å². The number of rotatable bonds is 11. The number of nitrogens with one attached hydrogen (secondary N) is 1. The van der Waals surface area contributed by atoms with Crippen molar-refractivity contribution in [2.75, 3.05) is 6.61 Å². The molecule has 0 bridgehead atoms. The minimum absolute atomic E-state index is 0.0118. The lowest BCUT2D eigenvalue weighted by Crippen LogP contribution is -2.80. The zero-order valence-electron chi connectivity index (χ0n) is 36.2. The largest absolute Gasteiger partial charge is 0.457 e. The van der Waals surface area contributed by atoms with Crippen LogP contribution in [0.2, 0.25) is 0 Å². The van der Waals surface area contributed by atoms with Gasteiger partial charge in [-0.05, 0) is 83.2 Å². The second kappa shape index (κ2) is 15.9. The first-order chi connectivity index (χ1) is 27.4. The van der Waals surface area contributed by atoms with Crippen molar-refractivity contribution >= 4 is 24.0 Å². The standard InChI is InChI=1S/C45H63NO13/c1-13-32-55-30-20-31-45(22-53-31,58-26(6)47)35-37(57-38(49)27-17-15-14-16-18-27)44(42(10,11)52)21-29(24(4)33(44)25(5)36(56-32)43(30,35)12)54-39(50)34(48)28(19-23(2)3)46-40(51)59-41(7,8)9/h13-18,23,25,28-32,34-37,48,52H,1,19-22H2,2-12H3,(H,46,51)/t25-,28-,29?,30-,31+,32?,34?,35-,36-,37-,43+,44-,45-/m0/s1. The predicted molar refractivity (Wildman–Crippen MR) is 214 cm³/mol. The van der Waals surface area contributed by atoms with E-state index < -0.39 is 112 Å². The molecule has 3 aliphatic carbocycles. The molecule has 2 aliphatic heterocycles. The van der Waals surface area contributed by atoms with E-state index in [1.54, 1.807) is 78.0 Å². The Balaban J connectivity index is 1.52. The van der Waals surface area contributed by atoms with Crippen LogP contribution >= 0.6 is 0 Å². The number of aliphatic hydroxyl groups is 2. The lowest BCUT2D eigenvalue weighted by atomic mass is 9.49. The summed E-state index contributed by atoms with van der Waals surface area (Å²) in [4.78, 5) is 54.6. The van der Waals surface area contributed by atoms with E-state index in [0.29, 0.717) is 17.6 Å². The van der Waals surface area contributed by atoms with Gasteiger partial charge in [0.25, 0.3) is 0 Å². The van der Waals surface area contributed by atoms with Crippen molar-refractivity contribution < 1.29 is 62.5 Å². The number of carbonyl (C=O) groups excluding carboxylic acids is 4. The fourth-order valence-corrected chi connectivity index (χ4v) is 11.1. The maximum atomic E-state index is 14.5. The zero-order valence-corrected chi connectivity index (χ0v) is 36.2. The summed E-state index contributed by atoms with van der Waals surface area (Å²) in [6.45, 7) is 23.2. The summed E-state index contributed by atoms with van der Waals surface area (Å²) >= 11 is 0. The lowest BCUT2D eigenvalue weighted by molar-refractivity contribution is -0.391. The minimum atomic E-state index is -1.79. The van der Waals surface area contributed by atoms with Crippen molar-refractivity contribution in [2.24, 2.45) is 28.6 Å². The average Bonchev–Trinajstić information content (AvgIpc) is 3.39. The molecule has 3 unspecified atom stereocenters. The van der Waals surface area contributed by atoms with Crippen LogP contribution in [-0.2, 0) is 42.7 Å². The molecule has 14 nitrogen and oxygen atoms in total. The van der Waals surface area contributed by atoms with Crippen molar-refractivity contribution in [3.63, 3.8) is 0 Å². The van der Waals surface area contributed by atoms with Crippen molar-refractivity contribution in [3.05, 3.63) is 59.7 Å². The molecule has 2 saturated heterocycles. The Kier molecular flexibility index (Phi) is 12.1. The van der Waals surface area contributed by atoms with Gasteiger partial charge >= 0.3 is 24.0 Å². The number of amides is 1. The van der Waals surface area contributed by atoms with Gasteiger partial charge in [0.05, 0.1) is 47.4 Å². The molecule has 0 spiro atoms. The number of esters is 3. The Labute approximate surface area is 347 Å². The number of hydrogen-bond donors (Lipinski definition) is 3. The van der Waals surface area contributed by atoms with E-state index in [1.165, 1.54) is 6.92 Å². The van der Waals surface area contributed by atoms with E-state index in [-0.39, 0.29) is 30.9 Å². The monoisotopic (exact) mass is 825 g/mol. The van der Waals surface area contributed by atoms with Gasteiger partial charge in [-0.3, -0.25) is 4.79 Å². The van der Waals surface area contributed by atoms with Gasteiger partial charge in [0.15, 0.2) is 18.0 Å². The van der Waals surface area contributed by atoms with Crippen LogP contribution in [0.25, 0.3) is 0 Å². The molecule has 1 aromatic rings. The average molecular weight is 826 g/mol. The van der Waals surface area contributed by atoms with E-state index in [4.69, 9.17) is 33.2 Å². The number of hydrogen-bond acceptors (Lipinski definition) is 13. The third kappa shape index (κ3) is 7.73. The van der Waals surface area contributed by atoms with Crippen LogP contribution in [0.1, 0.15) is 106 Å². The van der Waals surface area contributed by atoms with Crippen LogP contribution in [0, 0.1) is 28.6 Å². The summed E-state index contributed by atoms with van der Waals surface area (Å²) in [6, 6.07) is 7.43. The highest BCUT2D eigenvalue weighted by Crippen LogP contribution is 2.70. The molecule has 0 aromatic heterocycles. The molecule has 3 N–H and O–H groups in total. The Morgan fingerprint density at radius 3 is 2.25 bits per heavy atom. The van der Waals surface area contributed by atoms with Gasteiger partial charge < -0.3 is 48.7 Å². The molecule has 2 saturated carbocycles. The second-order valence-electron chi connectivity index (χ2n) is 19.3. The summed E-state index contributed by atoms with van der Waals surface area (Å²) in [6.07, 6.45) is -5.55. The molecular formula is C45H63NO13. The minimum Gasteiger partial charge on any atom is -0.457 e. The van der Waals surface area contributed by atoms with Crippen molar-refractivity contribution in [1.29, 1.82) is 0 Å². The first-order valence-electron chi connectivity index (χ1n) is 20.7. The number of fused-ring (bicyclic) bond motifs is 3. The smallest absolute Gasteiger partial charge is 0.407 e. The van der Waals surface area contributed by atoms with Gasteiger partial charge in [-0.1, -0.05) is 52.5 Å². The first kappa shape index (κ1) is 44.7. The SMILES string of the molecule is C=CC1O[C@H]2C[C@H]3OC[C@@]3(OC(C)=O)[C@H]3[C@H](OC(=O)c4ccccc4)[C@]4(C(C)(C)O)CC(OC(=O)C(O)[C@H](CC(C)C)NC(=O)OC(C)(C)C)C(C)=C4[C@H](C)[C@H](O1)[C@]23C. The number of aliphatic hydroxyl groups excluding tert-OH is 1. The Hall–Kier alpha value is -3.82. The normalized spacial score (nSPS) is 36.0. The zero-order chi connectivity index (χ0) is 43.6. The molecule has 326 valence electrons. The fourth-order valence-electron chi connectivity index (χ4n) is 11.1. The molecule has 6 rings (SSSR count). The molecule has 0 radical (unpaired) electrons. The van der Waals surface area contributed by atoms with Crippen molar-refractivity contribution in [3.8, 4) is 0 Å². The summed E-state index contributed by atoms with van der Waals surface area (Å²) in [5, 5.41) is 27.0. The number of carbonyl (C=O) groups is 4. The molecule has 1 aromatic carbocycles. The van der Waals surface area contributed by atoms with Gasteiger partial charge in [-0.2, -0.15) is 0 Å². The first-order valence-corrected chi connectivity index (χ1v) is 20.7. The van der Waals surface area contributed by atoms with Crippen LogP contribution < -0.4 is 5.32 Å². The fraction of sp³-hybridized carbons (Fsp3) is 0.689. The van der Waals surface area contributed by atoms with E-state index in [1.807, 2.05) is 27.7 Å². The van der Waals surface area contributed by atoms with Crippen LogP contribution in [0.4, 0.5) is 4.79 Å². The molecule has 2 heterocycles. The summed E-state index contributed by atoms with van der Waals surface area (Å²) in [5.74, 6) is -3.69. The third-order valence-electron chi connectivity index (χ3n) is 13.3. The predicted octanol–water partition coefficient (Wildman–Crippen LogP) is 5.57. The highest BCUT2D eigenvalue weighted by molar-refractivity contribution is 5.89. The third-order valence-corrected chi connectivity index (χ3v) is 13.3. The highest BCUT2D eigenvalue weighted by Gasteiger charge is 2.80. The maximum absolute atomic E-state index is 14.5. The van der Waals surface area contributed by atoms with Gasteiger partial charge in [0.1, 0.15) is 23.9 Å². The Bertz CT molecular complexity index is 1830. The van der Waals surface area contributed by atoms with Crippen LogP contribution in [0.3, 0.4) is 0 Å². The topological polar surface area (TPSA) is 185 Å². The highest BCUT2D eigenvalue weighted by atomic mass is 16.7.